The number of carboxylic acids is 2. The van der Waals surface area contributed by atoms with Crippen LogP contribution in [0.1, 0.15) is 17.2 Å². The summed E-state index contributed by atoms with van der Waals surface area (Å²) in [5.74, 6) is -5.49. The molecule has 0 amide bonds. The zero-order valence-corrected chi connectivity index (χ0v) is 20.9. The number of likely N-dealkylation sites (tertiary alicyclic amines) is 1. The van der Waals surface area contributed by atoms with Crippen molar-refractivity contribution in [2.75, 3.05) is 13.1 Å². The van der Waals surface area contributed by atoms with Crippen molar-refractivity contribution in [1.29, 1.82) is 0 Å². The Kier molecular flexibility index (Phi) is 8.94. The van der Waals surface area contributed by atoms with Crippen LogP contribution < -0.4 is 0 Å². The number of furan rings is 1. The van der Waals surface area contributed by atoms with Crippen LogP contribution in [-0.4, -0.2) is 71.1 Å². The fourth-order valence-corrected chi connectivity index (χ4v) is 6.38. The Morgan fingerprint density at radius 1 is 0.950 bits per heavy atom. The van der Waals surface area contributed by atoms with Crippen molar-refractivity contribution in [2.24, 2.45) is 0 Å². The Morgan fingerprint density at radius 3 is 2.08 bits per heavy atom. The number of sulfone groups is 1. The second kappa shape index (κ2) is 11.7. The van der Waals surface area contributed by atoms with Crippen molar-refractivity contribution in [3.8, 4) is 11.1 Å². The number of hydrogen-bond acceptors (Lipinski definition) is 7. The van der Waals surface area contributed by atoms with Gasteiger partial charge in [0.2, 0.25) is 0 Å². The van der Waals surface area contributed by atoms with Crippen LogP contribution in [0.5, 0.6) is 0 Å². The van der Waals surface area contributed by atoms with E-state index >= 15 is 0 Å². The van der Waals surface area contributed by atoms with Crippen LogP contribution in [0.15, 0.2) is 70.5 Å². The van der Waals surface area contributed by atoms with Gasteiger partial charge in [-0.25, -0.2) is 18.0 Å². The van der Waals surface area contributed by atoms with Crippen molar-refractivity contribution in [3.05, 3.63) is 72.4 Å². The molecule has 0 saturated carbocycles. The Balaban J connectivity index is 0.000000263. The van der Waals surface area contributed by atoms with Gasteiger partial charge in [-0.05, 0) is 41.5 Å². The van der Waals surface area contributed by atoms with E-state index in [4.69, 9.17) is 24.2 Å². The van der Waals surface area contributed by atoms with Crippen molar-refractivity contribution in [1.82, 2.24) is 9.88 Å². The summed E-state index contributed by atoms with van der Waals surface area (Å²) in [6, 6.07) is 13.4. The predicted molar refractivity (Wildman–Crippen MR) is 125 cm³/mol. The number of benzene rings is 1. The second-order valence-electron chi connectivity index (χ2n) is 8.58. The maximum absolute atomic E-state index is 13.0. The molecular weight excluding hydrogens is 574 g/mol. The van der Waals surface area contributed by atoms with E-state index in [2.05, 4.69) is 9.88 Å². The molecule has 2 aromatic heterocycles. The first-order valence-electron chi connectivity index (χ1n) is 11.1. The Hall–Kier alpha value is -3.92. The van der Waals surface area contributed by atoms with Gasteiger partial charge in [-0.3, -0.25) is 9.88 Å². The highest BCUT2D eigenvalue weighted by Gasteiger charge is 2.50. The molecule has 40 heavy (non-hydrogen) atoms. The Morgan fingerprint density at radius 2 is 1.57 bits per heavy atom. The van der Waals surface area contributed by atoms with Crippen LogP contribution in [0.25, 0.3) is 11.1 Å². The normalized spacial score (nSPS) is 19.4. The minimum atomic E-state index is -5.08. The van der Waals surface area contributed by atoms with Gasteiger partial charge in [-0.15, -0.1) is 0 Å². The second-order valence-corrected chi connectivity index (χ2v) is 10.7. The fourth-order valence-electron chi connectivity index (χ4n) is 4.18. The molecule has 0 bridgehead atoms. The van der Waals surface area contributed by atoms with Crippen molar-refractivity contribution in [2.45, 2.75) is 35.0 Å². The van der Waals surface area contributed by atoms with E-state index in [1.54, 1.807) is 24.8 Å². The van der Waals surface area contributed by atoms with Gasteiger partial charge in [0.15, 0.2) is 9.84 Å². The summed E-state index contributed by atoms with van der Waals surface area (Å²) in [7, 11) is -3.28. The van der Waals surface area contributed by atoms with Crippen molar-refractivity contribution < 1.29 is 59.0 Å². The average molecular weight is 594 g/mol. The zero-order chi connectivity index (χ0) is 29.9. The first kappa shape index (κ1) is 30.6. The van der Waals surface area contributed by atoms with E-state index < -0.39 is 34.1 Å². The molecule has 0 spiro atoms. The molecule has 216 valence electrons. The molecule has 2 aliphatic heterocycles. The van der Waals surface area contributed by atoms with Crippen LogP contribution in [0, 0.1) is 0 Å². The number of pyridine rings is 1. The number of rotatable bonds is 3. The van der Waals surface area contributed by atoms with Gasteiger partial charge >= 0.3 is 24.3 Å². The quantitative estimate of drug-likeness (QED) is 0.424. The topological polar surface area (TPSA) is 138 Å². The first-order chi connectivity index (χ1) is 18.5. The largest absolute Gasteiger partial charge is 0.490 e. The summed E-state index contributed by atoms with van der Waals surface area (Å²) < 4.78 is 94.6. The maximum atomic E-state index is 13.0. The summed E-state index contributed by atoms with van der Waals surface area (Å²) >= 11 is 0. The van der Waals surface area contributed by atoms with E-state index in [1.807, 2.05) is 36.4 Å². The number of halogens is 6. The van der Waals surface area contributed by atoms with Crippen molar-refractivity contribution >= 4 is 21.8 Å². The third-order valence-electron chi connectivity index (χ3n) is 5.91. The minimum Gasteiger partial charge on any atom is -0.475 e. The summed E-state index contributed by atoms with van der Waals surface area (Å²) in [5.41, 5.74) is 3.88. The van der Waals surface area contributed by atoms with Gasteiger partial charge < -0.3 is 14.6 Å². The molecule has 2 unspecified atom stereocenters. The maximum Gasteiger partial charge on any atom is 0.490 e. The highest BCUT2D eigenvalue weighted by molar-refractivity contribution is 7.92. The molecule has 9 nitrogen and oxygen atoms in total. The summed E-state index contributed by atoms with van der Waals surface area (Å²) in [5, 5.41) is 13.9. The number of hydrogen-bond donors (Lipinski definition) is 2. The van der Waals surface area contributed by atoms with Crippen LogP contribution in [-0.2, 0) is 26.0 Å². The minimum absolute atomic E-state index is 0.0190. The number of nitrogens with zero attached hydrogens (tertiary/aromatic N) is 2. The fraction of sp³-hybridized carbons (Fsp3) is 0.292. The molecule has 16 heteroatoms. The van der Waals surface area contributed by atoms with Gasteiger partial charge in [0.25, 0.3) is 0 Å². The number of aliphatic carboxylic acids is 2. The third kappa shape index (κ3) is 7.18. The molecule has 1 saturated heterocycles. The highest BCUT2D eigenvalue weighted by Crippen LogP contribution is 2.46. The molecule has 2 atom stereocenters. The SMILES string of the molecule is O=C(O)C(F)(F)F.O=C(O)C(F)(F)F.O=S1(=O)c2ccc(-c3ccoc3)cc2C2CN(Cc3ccccn3)CC21. The summed E-state index contributed by atoms with van der Waals surface area (Å²) in [6.07, 6.45) is -5.08. The molecule has 1 aromatic carbocycles. The summed E-state index contributed by atoms with van der Waals surface area (Å²) in [6.45, 7) is 1.97. The van der Waals surface area contributed by atoms with E-state index in [9.17, 15) is 34.8 Å². The molecule has 2 aliphatic rings. The van der Waals surface area contributed by atoms with E-state index in [0.29, 0.717) is 18.0 Å². The number of carbonyl (C=O) groups is 2. The number of carboxylic acid groups (broad SMARTS) is 2. The highest BCUT2D eigenvalue weighted by atomic mass is 32.2. The lowest BCUT2D eigenvalue weighted by Gasteiger charge is -2.16. The van der Waals surface area contributed by atoms with Gasteiger partial charge in [-0.2, -0.15) is 26.3 Å². The summed E-state index contributed by atoms with van der Waals surface area (Å²) in [4.78, 5) is 24.8. The number of aromatic nitrogens is 1. The molecule has 3 aromatic rings. The molecular formula is C24H20F6N2O7S. The number of alkyl halides is 6. The van der Waals surface area contributed by atoms with E-state index in [0.717, 1.165) is 28.9 Å². The van der Waals surface area contributed by atoms with Gasteiger partial charge in [-0.1, -0.05) is 12.1 Å². The zero-order valence-electron chi connectivity index (χ0n) is 20.1. The van der Waals surface area contributed by atoms with Gasteiger partial charge in [0, 0.05) is 37.3 Å². The van der Waals surface area contributed by atoms with E-state index in [1.165, 1.54) is 0 Å². The lowest BCUT2D eigenvalue weighted by Crippen LogP contribution is -2.26. The van der Waals surface area contributed by atoms with Crippen LogP contribution >= 0.6 is 0 Å². The van der Waals surface area contributed by atoms with Gasteiger partial charge in [0.1, 0.15) is 0 Å². The third-order valence-corrected chi connectivity index (χ3v) is 8.17. The van der Waals surface area contributed by atoms with Crippen molar-refractivity contribution in [3.63, 3.8) is 0 Å². The number of fused-ring (bicyclic) bond motifs is 3. The monoisotopic (exact) mass is 594 g/mol. The average Bonchev–Trinajstić information content (AvgIpc) is 3.58. The van der Waals surface area contributed by atoms with Crippen LogP contribution in [0.4, 0.5) is 26.3 Å². The van der Waals surface area contributed by atoms with Gasteiger partial charge in [0.05, 0.1) is 28.4 Å². The Bertz CT molecular complexity index is 1420. The Labute approximate surface area is 222 Å². The molecule has 4 heterocycles. The van der Waals surface area contributed by atoms with E-state index in [-0.39, 0.29) is 11.2 Å². The molecule has 1 fully saturated rings. The predicted octanol–water partition coefficient (Wildman–Crippen LogP) is 4.36. The molecule has 2 N–H and O–H groups in total. The molecule has 0 aliphatic carbocycles. The lowest BCUT2D eigenvalue weighted by atomic mass is 9.95. The standard InChI is InChI=1S/C20H18N2O3S.2C2HF3O2/c23-26(24)19-5-4-14(15-6-8-25-13-15)9-17(19)18-11-22(12-20(18)26)10-16-3-1-2-7-21-16;2*3-2(4,5)1(6)7/h1-9,13,18,20H,10-12H2;2*(H,6,7). The van der Waals surface area contributed by atoms with Crippen LogP contribution in [0.3, 0.4) is 0 Å². The van der Waals surface area contributed by atoms with Crippen LogP contribution in [0.2, 0.25) is 0 Å². The lowest BCUT2D eigenvalue weighted by molar-refractivity contribution is -0.193. The first-order valence-corrected chi connectivity index (χ1v) is 12.7. The smallest absolute Gasteiger partial charge is 0.475 e. The molecule has 0 radical (unpaired) electrons. The molecule has 5 rings (SSSR count).